The van der Waals surface area contributed by atoms with E-state index in [1.807, 2.05) is 6.92 Å². The molecule has 0 aliphatic heterocycles. The molecule has 0 nitrogen and oxygen atoms in total. The van der Waals surface area contributed by atoms with Gasteiger partial charge in [0.05, 0.1) is 6.67 Å². The lowest BCUT2D eigenvalue weighted by Gasteiger charge is -2.13. The Bertz CT molecular complexity index is 91.0. The van der Waals surface area contributed by atoms with Crippen LogP contribution in [-0.4, -0.2) is 6.67 Å². The second kappa shape index (κ2) is 7.57. The summed E-state index contributed by atoms with van der Waals surface area (Å²) in [5.74, 6) is 0.976. The predicted molar refractivity (Wildman–Crippen MR) is 53.1 cm³/mol. The quantitative estimate of drug-likeness (QED) is 0.507. The molecule has 1 heteroatoms. The van der Waals surface area contributed by atoms with Crippen LogP contribution in [0.15, 0.2) is 0 Å². The van der Waals surface area contributed by atoms with Crippen molar-refractivity contribution in [1.29, 1.82) is 0 Å². The monoisotopic (exact) mass is 174 g/mol. The van der Waals surface area contributed by atoms with Crippen molar-refractivity contribution in [2.24, 2.45) is 11.8 Å². The van der Waals surface area contributed by atoms with E-state index < -0.39 is 0 Å². The Kier molecular flexibility index (Phi) is 7.53. The maximum absolute atomic E-state index is 12.1. The molecule has 0 bridgehead atoms. The van der Waals surface area contributed by atoms with E-state index in [2.05, 4.69) is 13.8 Å². The lowest BCUT2D eigenvalue weighted by atomic mass is 9.93. The zero-order valence-corrected chi connectivity index (χ0v) is 8.78. The molecule has 0 aromatic heterocycles. The minimum atomic E-state index is -0.155. The number of alkyl halides is 1. The number of halogens is 1. The zero-order valence-electron chi connectivity index (χ0n) is 8.78. The molecule has 74 valence electrons. The molecule has 0 spiro atoms. The van der Waals surface area contributed by atoms with Crippen molar-refractivity contribution >= 4 is 0 Å². The van der Waals surface area contributed by atoms with Gasteiger partial charge in [-0.05, 0) is 18.3 Å². The Morgan fingerprint density at radius 1 is 1.08 bits per heavy atom. The van der Waals surface area contributed by atoms with Gasteiger partial charge in [0.25, 0.3) is 0 Å². The van der Waals surface area contributed by atoms with E-state index in [1.54, 1.807) is 0 Å². The highest BCUT2D eigenvalue weighted by atomic mass is 19.1. The molecule has 0 N–H and O–H groups in total. The van der Waals surface area contributed by atoms with Crippen molar-refractivity contribution in [2.45, 2.75) is 52.9 Å². The van der Waals surface area contributed by atoms with Gasteiger partial charge in [-0.15, -0.1) is 0 Å². The van der Waals surface area contributed by atoms with Crippen LogP contribution >= 0.6 is 0 Å². The summed E-state index contributed by atoms with van der Waals surface area (Å²) >= 11 is 0. The van der Waals surface area contributed by atoms with Gasteiger partial charge < -0.3 is 0 Å². The van der Waals surface area contributed by atoms with Gasteiger partial charge in [0.1, 0.15) is 0 Å². The predicted octanol–water partition coefficient (Wildman–Crippen LogP) is 4.20. The highest BCUT2D eigenvalue weighted by molar-refractivity contribution is 4.58. The standard InChI is InChI=1S/C11H23F/c1-4-5-6-7-10(2)8-11(3)9-12/h10-11H,4-9H2,1-3H3. The summed E-state index contributed by atoms with van der Waals surface area (Å²) in [6, 6.07) is 0. The largest absolute Gasteiger partial charge is 0.251 e. The molecular formula is C11H23F. The molecule has 12 heavy (non-hydrogen) atoms. The molecule has 2 atom stereocenters. The fourth-order valence-electron chi connectivity index (χ4n) is 1.61. The Balaban J connectivity index is 3.26. The highest BCUT2D eigenvalue weighted by Gasteiger charge is 2.07. The summed E-state index contributed by atoms with van der Waals surface area (Å²) in [5.41, 5.74) is 0. The molecule has 0 radical (unpaired) electrons. The van der Waals surface area contributed by atoms with Crippen molar-refractivity contribution in [1.82, 2.24) is 0 Å². The van der Waals surface area contributed by atoms with E-state index in [-0.39, 0.29) is 12.6 Å². The molecule has 0 aliphatic carbocycles. The van der Waals surface area contributed by atoms with Gasteiger partial charge in [-0.1, -0.05) is 46.5 Å². The maximum atomic E-state index is 12.1. The first kappa shape index (κ1) is 11.9. The minimum absolute atomic E-state index is 0.155. The van der Waals surface area contributed by atoms with Gasteiger partial charge in [-0.2, -0.15) is 0 Å². The first-order chi connectivity index (χ1) is 5.70. The van der Waals surface area contributed by atoms with E-state index in [0.29, 0.717) is 5.92 Å². The Morgan fingerprint density at radius 2 is 1.75 bits per heavy atom. The summed E-state index contributed by atoms with van der Waals surface area (Å²) in [6.45, 7) is 6.30. The number of hydrogen-bond acceptors (Lipinski definition) is 0. The lowest BCUT2D eigenvalue weighted by Crippen LogP contribution is -2.04. The number of unbranched alkanes of at least 4 members (excludes halogenated alkanes) is 2. The molecule has 0 fully saturated rings. The Hall–Kier alpha value is -0.0700. The molecule has 2 unspecified atom stereocenters. The molecule has 0 rings (SSSR count). The SMILES string of the molecule is CCCCCC(C)CC(C)CF. The summed E-state index contributed by atoms with van der Waals surface area (Å²) in [4.78, 5) is 0. The van der Waals surface area contributed by atoms with Crippen molar-refractivity contribution in [2.75, 3.05) is 6.67 Å². The maximum Gasteiger partial charge on any atom is 0.0920 e. The van der Waals surface area contributed by atoms with Crippen LogP contribution < -0.4 is 0 Å². The second-order valence-corrected chi connectivity index (χ2v) is 4.10. The van der Waals surface area contributed by atoms with E-state index in [0.717, 1.165) is 6.42 Å². The first-order valence-corrected chi connectivity index (χ1v) is 5.26. The number of hydrogen-bond donors (Lipinski definition) is 0. The summed E-state index contributed by atoms with van der Waals surface area (Å²) < 4.78 is 12.1. The average molecular weight is 174 g/mol. The molecule has 0 saturated carbocycles. The third kappa shape index (κ3) is 6.63. The third-order valence-corrected chi connectivity index (χ3v) is 2.37. The van der Waals surface area contributed by atoms with Crippen LogP contribution in [0, 0.1) is 11.8 Å². The van der Waals surface area contributed by atoms with Gasteiger partial charge in [-0.3, -0.25) is 4.39 Å². The summed E-state index contributed by atoms with van der Waals surface area (Å²) in [5, 5.41) is 0. The van der Waals surface area contributed by atoms with Crippen LogP contribution in [0.5, 0.6) is 0 Å². The van der Waals surface area contributed by atoms with Crippen molar-refractivity contribution in [3.63, 3.8) is 0 Å². The fourth-order valence-corrected chi connectivity index (χ4v) is 1.61. The summed E-state index contributed by atoms with van der Waals surface area (Å²) in [6.07, 6.45) is 6.26. The summed E-state index contributed by atoms with van der Waals surface area (Å²) in [7, 11) is 0. The van der Waals surface area contributed by atoms with Gasteiger partial charge in [0.2, 0.25) is 0 Å². The molecule has 0 aromatic carbocycles. The van der Waals surface area contributed by atoms with Gasteiger partial charge >= 0.3 is 0 Å². The smallest absolute Gasteiger partial charge is 0.0920 e. The first-order valence-electron chi connectivity index (χ1n) is 5.26. The zero-order chi connectivity index (χ0) is 9.40. The number of rotatable bonds is 7. The van der Waals surface area contributed by atoms with Crippen LogP contribution in [0.25, 0.3) is 0 Å². The lowest BCUT2D eigenvalue weighted by molar-refractivity contribution is 0.312. The van der Waals surface area contributed by atoms with Crippen LogP contribution in [0.4, 0.5) is 4.39 Å². The molecule has 0 amide bonds. The highest BCUT2D eigenvalue weighted by Crippen LogP contribution is 2.18. The van der Waals surface area contributed by atoms with Crippen LogP contribution in [-0.2, 0) is 0 Å². The minimum Gasteiger partial charge on any atom is -0.251 e. The normalized spacial score (nSPS) is 16.0. The van der Waals surface area contributed by atoms with Crippen molar-refractivity contribution in [3.8, 4) is 0 Å². The average Bonchev–Trinajstić information content (AvgIpc) is 2.05. The Labute approximate surface area is 76.6 Å². The molecule has 0 aliphatic rings. The molecule has 0 saturated heterocycles. The van der Waals surface area contributed by atoms with Gasteiger partial charge in [-0.25, -0.2) is 0 Å². The molecular weight excluding hydrogens is 151 g/mol. The van der Waals surface area contributed by atoms with Crippen LogP contribution in [0.2, 0.25) is 0 Å². The van der Waals surface area contributed by atoms with Crippen molar-refractivity contribution < 1.29 is 4.39 Å². The fraction of sp³-hybridized carbons (Fsp3) is 1.00. The molecule has 0 heterocycles. The van der Waals surface area contributed by atoms with Crippen LogP contribution in [0.1, 0.15) is 52.9 Å². The van der Waals surface area contributed by atoms with E-state index in [1.165, 1.54) is 25.7 Å². The van der Waals surface area contributed by atoms with Crippen molar-refractivity contribution in [3.05, 3.63) is 0 Å². The van der Waals surface area contributed by atoms with Gasteiger partial charge in [0.15, 0.2) is 0 Å². The van der Waals surface area contributed by atoms with Crippen LogP contribution in [0.3, 0.4) is 0 Å². The Morgan fingerprint density at radius 3 is 2.25 bits per heavy atom. The van der Waals surface area contributed by atoms with E-state index in [9.17, 15) is 4.39 Å². The van der Waals surface area contributed by atoms with Gasteiger partial charge in [0, 0.05) is 0 Å². The second-order valence-electron chi connectivity index (χ2n) is 4.10. The molecule has 0 aromatic rings. The topological polar surface area (TPSA) is 0 Å². The van der Waals surface area contributed by atoms with E-state index in [4.69, 9.17) is 0 Å². The third-order valence-electron chi connectivity index (χ3n) is 2.37. The van der Waals surface area contributed by atoms with E-state index >= 15 is 0 Å².